The number of methoxy groups -OCH3 is 1. The molecule has 0 aromatic heterocycles. The first-order valence-corrected chi connectivity index (χ1v) is 8.23. The van der Waals surface area contributed by atoms with Crippen LogP contribution in [0.4, 0.5) is 0 Å². The number of amides is 1. The fourth-order valence-electron chi connectivity index (χ4n) is 1.70. The van der Waals surface area contributed by atoms with Crippen LogP contribution in [0.15, 0.2) is 47.4 Å². The van der Waals surface area contributed by atoms with Gasteiger partial charge in [-0.15, -0.1) is 0 Å². The van der Waals surface area contributed by atoms with E-state index < -0.39 is 15.9 Å². The first kappa shape index (κ1) is 16.6. The molecule has 0 spiro atoms. The molecule has 0 bridgehead atoms. The van der Waals surface area contributed by atoms with Crippen molar-refractivity contribution < 1.29 is 17.9 Å². The van der Waals surface area contributed by atoms with Crippen LogP contribution in [-0.2, 0) is 10.0 Å². The van der Waals surface area contributed by atoms with Gasteiger partial charge in [0.15, 0.2) is 0 Å². The smallest absolute Gasteiger partial charge is 0.268 e. The third kappa shape index (κ3) is 3.71. The minimum absolute atomic E-state index is 0.0597. The van der Waals surface area contributed by atoms with Crippen molar-refractivity contribution in [3.8, 4) is 5.75 Å². The van der Waals surface area contributed by atoms with Crippen LogP contribution in [0.3, 0.4) is 0 Å². The van der Waals surface area contributed by atoms with E-state index in [4.69, 9.17) is 27.9 Å². The SMILES string of the molecule is COc1cc(Cl)ccc1C(=O)NS(=O)(=O)c1ccc(Cl)cc1. The van der Waals surface area contributed by atoms with E-state index in [0.717, 1.165) is 0 Å². The van der Waals surface area contributed by atoms with E-state index >= 15 is 0 Å². The summed E-state index contributed by atoms with van der Waals surface area (Å²) in [5.41, 5.74) is 0.0597. The van der Waals surface area contributed by atoms with Gasteiger partial charge >= 0.3 is 0 Å². The van der Waals surface area contributed by atoms with E-state index in [2.05, 4.69) is 0 Å². The average Bonchev–Trinajstić information content (AvgIpc) is 2.46. The maximum atomic E-state index is 12.2. The van der Waals surface area contributed by atoms with Crippen LogP contribution >= 0.6 is 23.2 Å². The van der Waals surface area contributed by atoms with Gasteiger partial charge in [0.1, 0.15) is 5.75 Å². The van der Waals surface area contributed by atoms with Gasteiger partial charge in [-0.3, -0.25) is 4.79 Å². The molecule has 116 valence electrons. The summed E-state index contributed by atoms with van der Waals surface area (Å²) < 4.78 is 31.3. The van der Waals surface area contributed by atoms with Gasteiger partial charge in [0.2, 0.25) is 0 Å². The topological polar surface area (TPSA) is 72.5 Å². The number of carbonyl (C=O) groups excluding carboxylic acids is 1. The predicted molar refractivity (Wildman–Crippen MR) is 84.1 cm³/mol. The molecule has 5 nitrogen and oxygen atoms in total. The van der Waals surface area contributed by atoms with Gasteiger partial charge in [-0.05, 0) is 42.5 Å². The van der Waals surface area contributed by atoms with Gasteiger partial charge in [-0.1, -0.05) is 23.2 Å². The van der Waals surface area contributed by atoms with Crippen LogP contribution in [-0.4, -0.2) is 21.4 Å². The lowest BCUT2D eigenvalue weighted by molar-refractivity contribution is 0.0978. The maximum Gasteiger partial charge on any atom is 0.268 e. The maximum absolute atomic E-state index is 12.2. The highest BCUT2D eigenvalue weighted by Crippen LogP contribution is 2.23. The molecule has 2 rings (SSSR count). The van der Waals surface area contributed by atoms with Crippen LogP contribution in [0, 0.1) is 0 Å². The summed E-state index contributed by atoms with van der Waals surface area (Å²) in [6.45, 7) is 0. The van der Waals surface area contributed by atoms with Gasteiger partial charge in [-0.2, -0.15) is 0 Å². The fraction of sp³-hybridized carbons (Fsp3) is 0.0714. The minimum atomic E-state index is -4.01. The fourth-order valence-corrected chi connectivity index (χ4v) is 2.96. The molecular formula is C14H11Cl2NO4S. The first-order chi connectivity index (χ1) is 10.3. The van der Waals surface area contributed by atoms with Crippen LogP contribution in [0.5, 0.6) is 5.75 Å². The molecule has 0 saturated carbocycles. The molecule has 1 N–H and O–H groups in total. The van der Waals surface area contributed by atoms with E-state index in [1.807, 2.05) is 4.72 Å². The summed E-state index contributed by atoms with van der Waals surface area (Å²) >= 11 is 11.5. The van der Waals surface area contributed by atoms with Crippen molar-refractivity contribution in [2.45, 2.75) is 4.90 Å². The Bertz CT molecular complexity index is 804. The highest BCUT2D eigenvalue weighted by Gasteiger charge is 2.21. The van der Waals surface area contributed by atoms with Gasteiger partial charge in [0, 0.05) is 10.0 Å². The number of rotatable bonds is 4. The van der Waals surface area contributed by atoms with E-state index in [1.54, 1.807) is 0 Å². The second-order valence-corrected chi connectivity index (χ2v) is 6.79. The van der Waals surface area contributed by atoms with Crippen LogP contribution in [0.1, 0.15) is 10.4 Å². The summed E-state index contributed by atoms with van der Waals surface area (Å²) in [5, 5.41) is 0.763. The van der Waals surface area contributed by atoms with Crippen molar-refractivity contribution in [2.24, 2.45) is 0 Å². The van der Waals surface area contributed by atoms with Gasteiger partial charge < -0.3 is 4.74 Å². The van der Waals surface area contributed by atoms with Gasteiger partial charge in [0.05, 0.1) is 17.6 Å². The Morgan fingerprint density at radius 3 is 2.23 bits per heavy atom. The Morgan fingerprint density at radius 1 is 1.05 bits per heavy atom. The first-order valence-electron chi connectivity index (χ1n) is 6.00. The van der Waals surface area contributed by atoms with Crippen molar-refractivity contribution >= 4 is 39.1 Å². The van der Waals surface area contributed by atoms with Crippen LogP contribution < -0.4 is 9.46 Å². The summed E-state index contributed by atoms with van der Waals surface area (Å²) in [7, 11) is -2.65. The highest BCUT2D eigenvalue weighted by molar-refractivity contribution is 7.90. The number of nitrogens with one attached hydrogen (secondary N) is 1. The normalized spacial score (nSPS) is 11.0. The van der Waals surface area contributed by atoms with Crippen molar-refractivity contribution in [3.05, 3.63) is 58.1 Å². The standard InChI is InChI=1S/C14H11Cl2NO4S/c1-21-13-8-10(16)4-7-12(13)14(18)17-22(19,20)11-5-2-9(15)3-6-11/h2-8H,1H3,(H,17,18). The van der Waals surface area contributed by atoms with Crippen LogP contribution in [0.2, 0.25) is 10.0 Å². The molecule has 0 fully saturated rings. The molecule has 8 heteroatoms. The van der Waals surface area contributed by atoms with Crippen molar-refractivity contribution in [1.29, 1.82) is 0 Å². The molecule has 0 aliphatic carbocycles. The lowest BCUT2D eigenvalue weighted by Crippen LogP contribution is -2.30. The molecular weight excluding hydrogens is 349 g/mol. The van der Waals surface area contributed by atoms with E-state index in [0.29, 0.717) is 10.0 Å². The van der Waals surface area contributed by atoms with Gasteiger partial charge in [0.25, 0.3) is 15.9 Å². The molecule has 0 atom stereocenters. The molecule has 0 heterocycles. The molecule has 0 aliphatic heterocycles. The number of hydrogen-bond donors (Lipinski definition) is 1. The number of carbonyl (C=O) groups is 1. The second-order valence-electron chi connectivity index (χ2n) is 4.23. The molecule has 0 radical (unpaired) electrons. The van der Waals surface area contributed by atoms with Crippen molar-refractivity contribution in [2.75, 3.05) is 7.11 Å². The number of sulfonamides is 1. The van der Waals surface area contributed by atoms with Crippen molar-refractivity contribution in [1.82, 2.24) is 4.72 Å². The Balaban J connectivity index is 2.30. The average molecular weight is 360 g/mol. The molecule has 0 saturated heterocycles. The number of benzene rings is 2. The zero-order valence-corrected chi connectivity index (χ0v) is 13.7. The van der Waals surface area contributed by atoms with E-state index in [1.165, 1.54) is 49.6 Å². The number of halogens is 2. The number of ether oxygens (including phenoxy) is 1. The third-order valence-electron chi connectivity index (χ3n) is 2.76. The molecule has 0 unspecified atom stereocenters. The molecule has 0 aliphatic rings. The Morgan fingerprint density at radius 2 is 1.64 bits per heavy atom. The molecule has 2 aromatic carbocycles. The lowest BCUT2D eigenvalue weighted by Gasteiger charge is -2.10. The largest absolute Gasteiger partial charge is 0.496 e. The summed E-state index contributed by atoms with van der Waals surface area (Å²) in [4.78, 5) is 12.1. The quantitative estimate of drug-likeness (QED) is 0.909. The van der Waals surface area contributed by atoms with Crippen LogP contribution in [0.25, 0.3) is 0 Å². The van der Waals surface area contributed by atoms with Gasteiger partial charge in [-0.25, -0.2) is 13.1 Å². The minimum Gasteiger partial charge on any atom is -0.496 e. The Labute approximate surface area is 137 Å². The highest BCUT2D eigenvalue weighted by atomic mass is 35.5. The zero-order valence-electron chi connectivity index (χ0n) is 11.3. The second kappa shape index (κ2) is 6.56. The lowest BCUT2D eigenvalue weighted by atomic mass is 10.2. The Hall–Kier alpha value is -1.76. The zero-order chi connectivity index (χ0) is 16.3. The third-order valence-corrected chi connectivity index (χ3v) is 4.59. The Kier molecular flexibility index (Phi) is 4.95. The number of hydrogen-bond acceptors (Lipinski definition) is 4. The summed E-state index contributed by atoms with van der Waals surface area (Å²) in [5.74, 6) is -0.639. The summed E-state index contributed by atoms with van der Waals surface area (Å²) in [6.07, 6.45) is 0. The molecule has 22 heavy (non-hydrogen) atoms. The predicted octanol–water partition coefficient (Wildman–Crippen LogP) is 3.12. The summed E-state index contributed by atoms with van der Waals surface area (Å²) in [6, 6.07) is 9.72. The van der Waals surface area contributed by atoms with Crippen molar-refractivity contribution in [3.63, 3.8) is 0 Å². The van der Waals surface area contributed by atoms with E-state index in [9.17, 15) is 13.2 Å². The van der Waals surface area contributed by atoms with E-state index in [-0.39, 0.29) is 16.2 Å². The monoisotopic (exact) mass is 359 g/mol. The molecule has 2 aromatic rings. The molecule has 1 amide bonds.